The highest BCUT2D eigenvalue weighted by atomic mass is 15.1. The molecule has 0 aromatic carbocycles. The van der Waals surface area contributed by atoms with Crippen molar-refractivity contribution in [3.05, 3.63) is 11.9 Å². The first-order valence-electron chi connectivity index (χ1n) is 6.83. The molecule has 0 saturated carbocycles. The SMILES string of the molecule is C=N/C=C(/CCCCC(C)C)N(C)CC(C)C. The summed E-state index contributed by atoms with van der Waals surface area (Å²) in [7, 11) is 2.15. The standard InChI is InChI=1S/C15H30N2/c1-13(2)9-7-8-10-15(11-16-5)17(6)12-14(3)4/h11,13-14H,5,7-10,12H2,1-4,6H3/b15-11-. The average molecular weight is 238 g/mol. The first-order chi connectivity index (χ1) is 7.97. The van der Waals surface area contributed by atoms with Crippen LogP contribution < -0.4 is 0 Å². The number of allylic oxidation sites excluding steroid dienone is 1. The van der Waals surface area contributed by atoms with Gasteiger partial charge in [-0.25, -0.2) is 0 Å². The quantitative estimate of drug-likeness (QED) is 0.431. The Morgan fingerprint density at radius 1 is 1.18 bits per heavy atom. The van der Waals surface area contributed by atoms with Gasteiger partial charge in [0.2, 0.25) is 0 Å². The van der Waals surface area contributed by atoms with Gasteiger partial charge in [-0.15, -0.1) is 0 Å². The van der Waals surface area contributed by atoms with Crippen LogP contribution in [0.2, 0.25) is 0 Å². The van der Waals surface area contributed by atoms with Crippen molar-refractivity contribution < 1.29 is 0 Å². The van der Waals surface area contributed by atoms with E-state index < -0.39 is 0 Å². The third-order valence-electron chi connectivity index (χ3n) is 2.83. The summed E-state index contributed by atoms with van der Waals surface area (Å²) in [6, 6.07) is 0. The van der Waals surface area contributed by atoms with Crippen LogP contribution in [0.15, 0.2) is 16.9 Å². The molecule has 0 aliphatic heterocycles. The van der Waals surface area contributed by atoms with Crippen LogP contribution in [0.3, 0.4) is 0 Å². The van der Waals surface area contributed by atoms with Crippen LogP contribution >= 0.6 is 0 Å². The van der Waals surface area contributed by atoms with E-state index in [9.17, 15) is 0 Å². The molecular formula is C15H30N2. The van der Waals surface area contributed by atoms with E-state index in [1.165, 1.54) is 25.0 Å². The van der Waals surface area contributed by atoms with Crippen LogP contribution in [-0.4, -0.2) is 25.2 Å². The molecule has 17 heavy (non-hydrogen) atoms. The number of rotatable bonds is 9. The van der Waals surface area contributed by atoms with Gasteiger partial charge in [0.1, 0.15) is 0 Å². The van der Waals surface area contributed by atoms with E-state index >= 15 is 0 Å². The molecule has 0 spiro atoms. The zero-order valence-electron chi connectivity index (χ0n) is 12.4. The van der Waals surface area contributed by atoms with Crippen LogP contribution in [0.1, 0.15) is 53.4 Å². The fourth-order valence-corrected chi connectivity index (χ4v) is 1.98. The normalized spacial score (nSPS) is 12.3. The molecule has 0 aromatic rings. The highest BCUT2D eigenvalue weighted by Gasteiger charge is 2.06. The van der Waals surface area contributed by atoms with Gasteiger partial charge in [-0.3, -0.25) is 4.99 Å². The number of aliphatic imine (C=N–C) groups is 1. The molecule has 0 aromatic heterocycles. The fourth-order valence-electron chi connectivity index (χ4n) is 1.98. The summed E-state index contributed by atoms with van der Waals surface area (Å²) >= 11 is 0. The first kappa shape index (κ1) is 16.2. The Morgan fingerprint density at radius 2 is 1.82 bits per heavy atom. The van der Waals surface area contributed by atoms with Gasteiger partial charge in [-0.2, -0.15) is 0 Å². The molecule has 0 amide bonds. The zero-order chi connectivity index (χ0) is 13.3. The molecule has 0 aliphatic rings. The van der Waals surface area contributed by atoms with Crippen LogP contribution in [0.5, 0.6) is 0 Å². The van der Waals surface area contributed by atoms with Gasteiger partial charge in [-0.1, -0.05) is 40.5 Å². The molecule has 0 heterocycles. The average Bonchev–Trinajstić information content (AvgIpc) is 2.21. The summed E-state index contributed by atoms with van der Waals surface area (Å²) in [6.45, 7) is 13.7. The van der Waals surface area contributed by atoms with Gasteiger partial charge in [0, 0.05) is 25.5 Å². The molecule has 0 aliphatic carbocycles. The predicted molar refractivity (Wildman–Crippen MR) is 78.4 cm³/mol. The highest BCUT2D eigenvalue weighted by Crippen LogP contribution is 2.16. The second kappa shape index (κ2) is 9.26. The van der Waals surface area contributed by atoms with Crippen molar-refractivity contribution in [2.75, 3.05) is 13.6 Å². The number of unbranched alkanes of at least 4 members (excludes halogenated alkanes) is 1. The molecule has 2 heteroatoms. The second-order valence-corrected chi connectivity index (χ2v) is 5.72. The van der Waals surface area contributed by atoms with Gasteiger partial charge in [-0.05, 0) is 31.4 Å². The van der Waals surface area contributed by atoms with E-state index in [1.807, 2.05) is 6.20 Å². The lowest BCUT2D eigenvalue weighted by Gasteiger charge is -2.24. The molecule has 0 N–H and O–H groups in total. The van der Waals surface area contributed by atoms with Crippen LogP contribution in [0.4, 0.5) is 0 Å². The second-order valence-electron chi connectivity index (χ2n) is 5.72. The maximum absolute atomic E-state index is 3.92. The lowest BCUT2D eigenvalue weighted by Crippen LogP contribution is -2.22. The van der Waals surface area contributed by atoms with Crippen LogP contribution in [-0.2, 0) is 0 Å². The van der Waals surface area contributed by atoms with Gasteiger partial charge in [0.15, 0.2) is 0 Å². The summed E-state index contributed by atoms with van der Waals surface area (Å²) in [5.41, 5.74) is 1.32. The smallest absolute Gasteiger partial charge is 0.0452 e. The van der Waals surface area contributed by atoms with E-state index in [0.717, 1.165) is 18.9 Å². The molecule has 0 radical (unpaired) electrons. The summed E-state index contributed by atoms with van der Waals surface area (Å²) in [4.78, 5) is 6.24. The highest BCUT2D eigenvalue weighted by molar-refractivity contribution is 5.26. The third-order valence-corrected chi connectivity index (χ3v) is 2.83. The number of nitrogens with zero attached hydrogens (tertiary/aromatic N) is 2. The number of hydrogen-bond acceptors (Lipinski definition) is 2. The maximum atomic E-state index is 3.92. The number of hydrogen-bond donors (Lipinski definition) is 0. The summed E-state index contributed by atoms with van der Waals surface area (Å²) in [5, 5.41) is 0. The van der Waals surface area contributed by atoms with Crippen molar-refractivity contribution >= 4 is 6.72 Å². The third kappa shape index (κ3) is 8.96. The predicted octanol–water partition coefficient (Wildman–Crippen LogP) is 4.33. The zero-order valence-corrected chi connectivity index (χ0v) is 12.4. The molecule has 0 bridgehead atoms. The molecule has 0 rings (SSSR count). The summed E-state index contributed by atoms with van der Waals surface area (Å²) in [5.74, 6) is 1.50. The molecular weight excluding hydrogens is 208 g/mol. The summed E-state index contributed by atoms with van der Waals surface area (Å²) in [6.07, 6.45) is 6.92. The van der Waals surface area contributed by atoms with Crippen molar-refractivity contribution in [1.82, 2.24) is 4.90 Å². The molecule has 2 nitrogen and oxygen atoms in total. The van der Waals surface area contributed by atoms with E-state index in [2.05, 4.69) is 51.4 Å². The maximum Gasteiger partial charge on any atom is 0.0452 e. The van der Waals surface area contributed by atoms with Crippen molar-refractivity contribution in [2.45, 2.75) is 53.4 Å². The van der Waals surface area contributed by atoms with Gasteiger partial charge in [0.25, 0.3) is 0 Å². The van der Waals surface area contributed by atoms with E-state index in [-0.39, 0.29) is 0 Å². The topological polar surface area (TPSA) is 15.6 Å². The summed E-state index contributed by atoms with van der Waals surface area (Å²) < 4.78 is 0. The van der Waals surface area contributed by atoms with Gasteiger partial charge < -0.3 is 4.90 Å². The minimum Gasteiger partial charge on any atom is -0.376 e. The van der Waals surface area contributed by atoms with Gasteiger partial charge >= 0.3 is 0 Å². The lowest BCUT2D eigenvalue weighted by atomic mass is 10.0. The molecule has 100 valence electrons. The van der Waals surface area contributed by atoms with Crippen LogP contribution in [0.25, 0.3) is 0 Å². The van der Waals surface area contributed by atoms with E-state index in [1.54, 1.807) is 0 Å². The first-order valence-corrected chi connectivity index (χ1v) is 6.83. The molecule has 0 unspecified atom stereocenters. The minimum atomic E-state index is 0.684. The van der Waals surface area contributed by atoms with Crippen molar-refractivity contribution in [3.8, 4) is 0 Å². The Hall–Kier alpha value is -0.790. The Bertz CT molecular complexity index is 229. The Balaban J connectivity index is 4.07. The lowest BCUT2D eigenvalue weighted by molar-refractivity contribution is 0.345. The molecule has 0 atom stereocenters. The van der Waals surface area contributed by atoms with Crippen molar-refractivity contribution in [1.29, 1.82) is 0 Å². The Labute approximate surface area is 108 Å². The monoisotopic (exact) mass is 238 g/mol. The largest absolute Gasteiger partial charge is 0.376 e. The fraction of sp³-hybridized carbons (Fsp3) is 0.800. The van der Waals surface area contributed by atoms with Crippen molar-refractivity contribution in [2.24, 2.45) is 16.8 Å². The molecule has 0 saturated heterocycles. The Kier molecular flexibility index (Phi) is 8.83. The molecule has 0 fully saturated rings. The Morgan fingerprint density at radius 3 is 2.29 bits per heavy atom. The minimum absolute atomic E-state index is 0.684. The van der Waals surface area contributed by atoms with Crippen molar-refractivity contribution in [3.63, 3.8) is 0 Å². The van der Waals surface area contributed by atoms with Crippen LogP contribution in [0, 0.1) is 11.8 Å². The van der Waals surface area contributed by atoms with E-state index in [0.29, 0.717) is 5.92 Å². The van der Waals surface area contributed by atoms with E-state index in [4.69, 9.17) is 0 Å². The van der Waals surface area contributed by atoms with Gasteiger partial charge in [0.05, 0.1) is 0 Å².